The molecule has 0 aromatic heterocycles. The van der Waals surface area contributed by atoms with Gasteiger partial charge in [-0.2, -0.15) is 0 Å². The van der Waals surface area contributed by atoms with Crippen LogP contribution in [0.3, 0.4) is 0 Å². The summed E-state index contributed by atoms with van der Waals surface area (Å²) in [6.07, 6.45) is 1.02. The summed E-state index contributed by atoms with van der Waals surface area (Å²) in [5, 5.41) is 0. The first-order valence-electron chi connectivity index (χ1n) is 12.2. The Hall–Kier alpha value is -2.86. The summed E-state index contributed by atoms with van der Waals surface area (Å²) in [7, 11) is 5.51. The highest BCUT2D eigenvalue weighted by atomic mass is 16.5. The van der Waals surface area contributed by atoms with Crippen LogP contribution >= 0.6 is 0 Å². The van der Waals surface area contributed by atoms with Crippen molar-refractivity contribution in [3.8, 4) is 11.5 Å². The number of benzene rings is 2. The van der Waals surface area contributed by atoms with Crippen LogP contribution in [-0.4, -0.2) is 73.9 Å². The fraction of sp³-hybridized carbons (Fsp3) is 0.500. The molecule has 0 N–H and O–H groups in total. The number of likely N-dealkylation sites (N-methyl/N-ethyl adjacent to an activating group) is 1. The number of aliphatic imine (C=N–C) groups is 1. The molecule has 2 unspecified atom stereocenters. The van der Waals surface area contributed by atoms with Crippen LogP contribution in [0.1, 0.15) is 67.1 Å². The van der Waals surface area contributed by atoms with Crippen molar-refractivity contribution in [3.05, 3.63) is 58.7 Å². The minimum atomic E-state index is 0.0596. The maximum absolute atomic E-state index is 13.1. The van der Waals surface area contributed by atoms with Crippen molar-refractivity contribution in [1.82, 2.24) is 9.80 Å². The summed E-state index contributed by atoms with van der Waals surface area (Å²) < 4.78 is 11.3. The van der Waals surface area contributed by atoms with E-state index in [-0.39, 0.29) is 24.0 Å². The number of piperidine rings is 1. The molecular formula is C28H37N3O3. The number of carbonyl (C=O) groups excluding carboxylic acids is 1. The van der Waals surface area contributed by atoms with Crippen molar-refractivity contribution in [1.29, 1.82) is 0 Å². The van der Waals surface area contributed by atoms with Crippen molar-refractivity contribution in [2.45, 2.75) is 58.2 Å². The molecule has 4 rings (SSSR count). The van der Waals surface area contributed by atoms with Gasteiger partial charge in [-0.1, -0.05) is 12.1 Å². The predicted molar refractivity (Wildman–Crippen MR) is 137 cm³/mol. The van der Waals surface area contributed by atoms with Crippen LogP contribution in [0.2, 0.25) is 0 Å². The number of rotatable bonds is 6. The Morgan fingerprint density at radius 1 is 1.03 bits per heavy atom. The SMILES string of the molecule is COc1cc2c(cc1OC)C1CN(C)CCC1N=C2c1ccc(C(=O)N(C(C)C)C(C)C)cc1. The lowest BCUT2D eigenvalue weighted by atomic mass is 9.79. The van der Waals surface area contributed by atoms with Crippen LogP contribution in [-0.2, 0) is 0 Å². The molecule has 2 aliphatic rings. The normalized spacial score (nSPS) is 20.0. The van der Waals surface area contributed by atoms with Crippen LogP contribution in [0.4, 0.5) is 0 Å². The van der Waals surface area contributed by atoms with Crippen molar-refractivity contribution in [3.63, 3.8) is 0 Å². The molecule has 2 atom stereocenters. The minimum Gasteiger partial charge on any atom is -0.493 e. The second-order valence-corrected chi connectivity index (χ2v) is 9.97. The van der Waals surface area contributed by atoms with Gasteiger partial charge < -0.3 is 19.3 Å². The van der Waals surface area contributed by atoms with E-state index in [1.807, 2.05) is 29.2 Å². The Morgan fingerprint density at radius 2 is 1.65 bits per heavy atom. The van der Waals surface area contributed by atoms with E-state index in [1.54, 1.807) is 14.2 Å². The largest absolute Gasteiger partial charge is 0.493 e. The molecule has 182 valence electrons. The summed E-state index contributed by atoms with van der Waals surface area (Å²) in [6.45, 7) is 10.2. The summed E-state index contributed by atoms with van der Waals surface area (Å²) in [5.41, 5.74) is 5.02. The van der Waals surface area contributed by atoms with Crippen molar-refractivity contribution in [2.24, 2.45) is 4.99 Å². The summed E-state index contributed by atoms with van der Waals surface area (Å²) in [5.74, 6) is 1.83. The van der Waals surface area contributed by atoms with Gasteiger partial charge >= 0.3 is 0 Å². The van der Waals surface area contributed by atoms with Crippen LogP contribution in [0.25, 0.3) is 0 Å². The number of amides is 1. The van der Waals surface area contributed by atoms with Crippen molar-refractivity contribution >= 4 is 11.6 Å². The van der Waals surface area contributed by atoms with E-state index in [1.165, 1.54) is 5.56 Å². The standard InChI is InChI=1S/C28H37N3O3/c1-17(2)31(18(3)4)28(32)20-10-8-19(9-11-20)27-22-15-26(34-7)25(33-6)14-21(22)23-16-30(5)13-12-24(23)29-27/h8-11,14-15,17-18,23-24H,12-13,16H2,1-7H3. The van der Waals surface area contributed by atoms with Gasteiger partial charge in [-0.05, 0) is 77.5 Å². The molecule has 0 spiro atoms. The van der Waals surface area contributed by atoms with E-state index >= 15 is 0 Å². The highest BCUT2D eigenvalue weighted by Crippen LogP contribution is 2.42. The molecule has 0 bridgehead atoms. The molecule has 0 aliphatic carbocycles. The van der Waals surface area contributed by atoms with E-state index in [4.69, 9.17) is 14.5 Å². The number of hydrogen-bond donors (Lipinski definition) is 0. The monoisotopic (exact) mass is 463 g/mol. The number of hydrogen-bond acceptors (Lipinski definition) is 5. The van der Waals surface area contributed by atoms with Crippen LogP contribution in [0.5, 0.6) is 11.5 Å². The van der Waals surface area contributed by atoms with E-state index in [9.17, 15) is 4.79 Å². The van der Waals surface area contributed by atoms with Crippen LogP contribution in [0.15, 0.2) is 41.4 Å². The van der Waals surface area contributed by atoms with Gasteiger partial charge in [-0.25, -0.2) is 0 Å². The molecule has 1 fully saturated rings. The number of ether oxygens (including phenoxy) is 2. The maximum atomic E-state index is 13.1. The van der Waals surface area contributed by atoms with Gasteiger partial charge in [0.05, 0.1) is 26.0 Å². The van der Waals surface area contributed by atoms with E-state index in [0.29, 0.717) is 17.2 Å². The first-order chi connectivity index (χ1) is 16.2. The van der Waals surface area contributed by atoms with Crippen LogP contribution < -0.4 is 9.47 Å². The zero-order valence-electron chi connectivity index (χ0n) is 21.5. The molecule has 34 heavy (non-hydrogen) atoms. The third kappa shape index (κ3) is 4.43. The number of fused-ring (bicyclic) bond motifs is 3. The fourth-order valence-electron chi connectivity index (χ4n) is 5.42. The van der Waals surface area contributed by atoms with Gasteiger partial charge in [-0.15, -0.1) is 0 Å². The molecular weight excluding hydrogens is 426 g/mol. The molecule has 2 aromatic carbocycles. The lowest BCUT2D eigenvalue weighted by molar-refractivity contribution is 0.0643. The van der Waals surface area contributed by atoms with E-state index in [0.717, 1.165) is 42.1 Å². The summed E-state index contributed by atoms with van der Waals surface area (Å²) in [4.78, 5) is 22.7. The number of likely N-dealkylation sites (tertiary alicyclic amines) is 1. The van der Waals surface area contributed by atoms with Gasteiger partial charge in [0.25, 0.3) is 5.91 Å². The molecule has 6 heteroatoms. The first kappa shape index (κ1) is 24.3. The average Bonchev–Trinajstić information content (AvgIpc) is 2.82. The number of methoxy groups -OCH3 is 2. The molecule has 0 radical (unpaired) electrons. The Bertz CT molecular complexity index is 1070. The predicted octanol–water partition coefficient (Wildman–Crippen LogP) is 4.60. The van der Waals surface area contributed by atoms with Gasteiger partial charge in [-0.3, -0.25) is 9.79 Å². The third-order valence-electron chi connectivity index (χ3n) is 7.04. The Balaban J connectivity index is 1.75. The quantitative estimate of drug-likeness (QED) is 0.628. The zero-order chi connectivity index (χ0) is 24.6. The third-order valence-corrected chi connectivity index (χ3v) is 7.04. The highest BCUT2D eigenvalue weighted by molar-refractivity contribution is 6.15. The molecule has 6 nitrogen and oxygen atoms in total. The number of nitrogens with zero attached hydrogens (tertiary/aromatic N) is 3. The van der Waals surface area contributed by atoms with Gasteiger partial charge in [0.2, 0.25) is 0 Å². The smallest absolute Gasteiger partial charge is 0.254 e. The second kappa shape index (κ2) is 9.79. The highest BCUT2D eigenvalue weighted by Gasteiger charge is 2.36. The Morgan fingerprint density at radius 3 is 2.24 bits per heavy atom. The number of carbonyl (C=O) groups is 1. The van der Waals surface area contributed by atoms with Crippen molar-refractivity contribution in [2.75, 3.05) is 34.4 Å². The molecule has 1 saturated heterocycles. The molecule has 2 heterocycles. The molecule has 2 aromatic rings. The summed E-state index contributed by atoms with van der Waals surface area (Å²) in [6, 6.07) is 12.6. The summed E-state index contributed by atoms with van der Waals surface area (Å²) >= 11 is 0. The molecule has 1 amide bonds. The van der Waals surface area contributed by atoms with Gasteiger partial charge in [0, 0.05) is 41.2 Å². The zero-order valence-corrected chi connectivity index (χ0v) is 21.5. The lowest BCUT2D eigenvalue weighted by Crippen LogP contribution is -2.42. The van der Waals surface area contributed by atoms with Gasteiger partial charge in [0.1, 0.15) is 0 Å². The van der Waals surface area contributed by atoms with Crippen molar-refractivity contribution < 1.29 is 14.3 Å². The Kier molecular flexibility index (Phi) is 6.99. The lowest BCUT2D eigenvalue weighted by Gasteiger charge is -2.39. The first-order valence-corrected chi connectivity index (χ1v) is 12.2. The van der Waals surface area contributed by atoms with Crippen LogP contribution in [0, 0.1) is 0 Å². The van der Waals surface area contributed by atoms with E-state index < -0.39 is 0 Å². The molecule has 0 saturated carbocycles. The maximum Gasteiger partial charge on any atom is 0.254 e. The Labute approximate surface area is 203 Å². The fourth-order valence-corrected chi connectivity index (χ4v) is 5.42. The van der Waals surface area contributed by atoms with E-state index in [2.05, 4.69) is 51.8 Å². The van der Waals surface area contributed by atoms with Gasteiger partial charge in [0.15, 0.2) is 11.5 Å². The average molecular weight is 464 g/mol. The molecule has 2 aliphatic heterocycles. The topological polar surface area (TPSA) is 54.4 Å². The minimum absolute atomic E-state index is 0.0596. The second-order valence-electron chi connectivity index (χ2n) is 9.97.